The van der Waals surface area contributed by atoms with Gasteiger partial charge in [0.25, 0.3) is 5.70 Å². The molecule has 1 N–H and O–H groups in total. The zero-order valence-corrected chi connectivity index (χ0v) is 9.95. The van der Waals surface area contributed by atoms with Crippen LogP contribution in [0.25, 0.3) is 5.57 Å². The number of aromatic carboxylic acids is 1. The lowest BCUT2D eigenvalue weighted by molar-refractivity contribution is -0.419. The zero-order chi connectivity index (χ0) is 13.8. The van der Waals surface area contributed by atoms with E-state index in [0.29, 0.717) is 6.42 Å². The van der Waals surface area contributed by atoms with E-state index in [1.54, 1.807) is 18.2 Å². The summed E-state index contributed by atoms with van der Waals surface area (Å²) in [5, 5.41) is 19.5. The Morgan fingerprint density at radius 3 is 2.42 bits per heavy atom. The molecule has 0 saturated carbocycles. The monoisotopic (exact) mass is 257 g/mol. The van der Waals surface area contributed by atoms with Gasteiger partial charge in [-0.15, -0.1) is 0 Å². The molecule has 0 aromatic heterocycles. The van der Waals surface area contributed by atoms with Crippen molar-refractivity contribution in [1.29, 1.82) is 0 Å². The van der Waals surface area contributed by atoms with Crippen LogP contribution in [0.15, 0.2) is 54.3 Å². The first-order valence-corrected chi connectivity index (χ1v) is 5.64. The molecule has 0 saturated heterocycles. The second kappa shape index (κ2) is 5.30. The lowest BCUT2D eigenvalue weighted by Crippen LogP contribution is -1.95. The summed E-state index contributed by atoms with van der Waals surface area (Å²) in [6.45, 7) is 0. The van der Waals surface area contributed by atoms with Gasteiger partial charge in [0.15, 0.2) is 0 Å². The molecule has 19 heavy (non-hydrogen) atoms. The molecule has 5 heteroatoms. The Bertz CT molecular complexity index is 609. The van der Waals surface area contributed by atoms with Crippen molar-refractivity contribution in [3.8, 4) is 0 Å². The summed E-state index contributed by atoms with van der Waals surface area (Å²) in [7, 11) is 0. The summed E-state index contributed by atoms with van der Waals surface area (Å²) in [6.07, 6.45) is 6.98. The number of benzene rings is 1. The van der Waals surface area contributed by atoms with Crippen LogP contribution in [0, 0.1) is 10.1 Å². The van der Waals surface area contributed by atoms with Crippen molar-refractivity contribution in [3.63, 3.8) is 0 Å². The average Bonchev–Trinajstić information content (AvgIpc) is 2.64. The molecule has 1 aromatic rings. The van der Waals surface area contributed by atoms with Crippen molar-refractivity contribution in [2.24, 2.45) is 0 Å². The van der Waals surface area contributed by atoms with Crippen molar-refractivity contribution in [2.75, 3.05) is 0 Å². The van der Waals surface area contributed by atoms with E-state index in [0.717, 1.165) is 11.1 Å². The normalized spacial score (nSPS) is 14.3. The van der Waals surface area contributed by atoms with Crippen LogP contribution < -0.4 is 0 Å². The highest BCUT2D eigenvalue weighted by Gasteiger charge is 2.09. The Labute approximate surface area is 109 Å². The third-order valence-corrected chi connectivity index (χ3v) is 2.77. The number of carboxylic acids is 1. The summed E-state index contributed by atoms with van der Waals surface area (Å²) in [5.41, 5.74) is 1.95. The summed E-state index contributed by atoms with van der Waals surface area (Å²) in [6, 6.07) is 6.41. The van der Waals surface area contributed by atoms with E-state index >= 15 is 0 Å². The van der Waals surface area contributed by atoms with E-state index in [4.69, 9.17) is 5.11 Å². The van der Waals surface area contributed by atoms with Crippen LogP contribution in [-0.2, 0) is 0 Å². The number of rotatable bonds is 3. The quantitative estimate of drug-likeness (QED) is 0.666. The number of nitrogens with zero attached hydrogens (tertiary/aromatic N) is 1. The van der Waals surface area contributed by atoms with E-state index in [2.05, 4.69) is 0 Å². The van der Waals surface area contributed by atoms with Crippen molar-refractivity contribution < 1.29 is 14.8 Å². The molecule has 1 aliphatic rings. The molecule has 1 aliphatic carbocycles. The van der Waals surface area contributed by atoms with Crippen LogP contribution in [0.3, 0.4) is 0 Å². The Kier molecular flexibility index (Phi) is 3.56. The van der Waals surface area contributed by atoms with Gasteiger partial charge in [-0.25, -0.2) is 4.79 Å². The molecular weight excluding hydrogens is 246 g/mol. The summed E-state index contributed by atoms with van der Waals surface area (Å²) >= 11 is 0. The van der Waals surface area contributed by atoms with Crippen molar-refractivity contribution in [2.45, 2.75) is 6.42 Å². The van der Waals surface area contributed by atoms with Gasteiger partial charge in [0.1, 0.15) is 0 Å². The number of carbonyl (C=O) groups is 1. The Balaban J connectivity index is 2.24. The van der Waals surface area contributed by atoms with Crippen molar-refractivity contribution >= 4 is 11.5 Å². The molecule has 2 rings (SSSR count). The summed E-state index contributed by atoms with van der Waals surface area (Å²) in [4.78, 5) is 21.0. The molecule has 0 bridgehead atoms. The van der Waals surface area contributed by atoms with Crippen LogP contribution >= 0.6 is 0 Å². The zero-order valence-electron chi connectivity index (χ0n) is 9.95. The van der Waals surface area contributed by atoms with Gasteiger partial charge in [0.05, 0.1) is 10.5 Å². The van der Waals surface area contributed by atoms with E-state index in [1.807, 2.05) is 6.08 Å². The third-order valence-electron chi connectivity index (χ3n) is 2.77. The molecule has 0 radical (unpaired) electrons. The Morgan fingerprint density at radius 1 is 1.16 bits per heavy atom. The largest absolute Gasteiger partial charge is 0.478 e. The molecule has 0 spiro atoms. The number of allylic oxidation sites excluding steroid dienone is 5. The maximum absolute atomic E-state index is 10.7. The fourth-order valence-corrected chi connectivity index (χ4v) is 1.77. The minimum atomic E-state index is -0.978. The van der Waals surface area contributed by atoms with Gasteiger partial charge in [0.2, 0.25) is 0 Å². The predicted molar refractivity (Wildman–Crippen MR) is 70.2 cm³/mol. The van der Waals surface area contributed by atoms with Gasteiger partial charge in [-0.2, -0.15) is 0 Å². The molecule has 1 aromatic carbocycles. The van der Waals surface area contributed by atoms with Crippen LogP contribution in [0.5, 0.6) is 0 Å². The Morgan fingerprint density at radius 2 is 1.84 bits per heavy atom. The lowest BCUT2D eigenvalue weighted by Gasteiger charge is -2.02. The first-order chi connectivity index (χ1) is 9.08. The number of nitro groups is 1. The minimum absolute atomic E-state index is 0.0633. The van der Waals surface area contributed by atoms with Gasteiger partial charge in [-0.05, 0) is 41.8 Å². The second-order valence-corrected chi connectivity index (χ2v) is 4.00. The maximum Gasteiger partial charge on any atom is 0.335 e. The topological polar surface area (TPSA) is 80.4 Å². The van der Waals surface area contributed by atoms with Gasteiger partial charge in [-0.3, -0.25) is 10.1 Å². The van der Waals surface area contributed by atoms with E-state index < -0.39 is 10.9 Å². The van der Waals surface area contributed by atoms with Gasteiger partial charge in [-0.1, -0.05) is 18.2 Å². The lowest BCUT2D eigenvalue weighted by atomic mass is 10.0. The number of hydrogen-bond donors (Lipinski definition) is 1. The molecule has 0 atom stereocenters. The van der Waals surface area contributed by atoms with Gasteiger partial charge >= 0.3 is 5.97 Å². The molecule has 0 aliphatic heterocycles. The summed E-state index contributed by atoms with van der Waals surface area (Å²) < 4.78 is 0. The van der Waals surface area contributed by atoms with E-state index in [-0.39, 0.29) is 11.3 Å². The van der Waals surface area contributed by atoms with Crippen LogP contribution in [-0.4, -0.2) is 16.0 Å². The van der Waals surface area contributed by atoms with E-state index in [9.17, 15) is 14.9 Å². The second-order valence-electron chi connectivity index (χ2n) is 4.00. The average molecular weight is 257 g/mol. The molecular formula is C14H11NO4. The molecule has 0 unspecified atom stereocenters. The van der Waals surface area contributed by atoms with E-state index in [1.165, 1.54) is 24.3 Å². The van der Waals surface area contributed by atoms with Crippen LogP contribution in [0.2, 0.25) is 0 Å². The standard InChI is InChI=1S/C14H11NO4/c16-14(17)12-6-4-11(5-7-12)10-2-1-3-13(9-8-10)15(18)19/h2-9H,1H2,(H,16,17). The highest BCUT2D eigenvalue weighted by Crippen LogP contribution is 2.21. The minimum Gasteiger partial charge on any atom is -0.478 e. The molecule has 5 nitrogen and oxygen atoms in total. The number of carboxylic acid groups (broad SMARTS) is 1. The fraction of sp³-hybridized carbons (Fsp3) is 0.0714. The van der Waals surface area contributed by atoms with Crippen molar-refractivity contribution in [3.05, 3.63) is 75.5 Å². The maximum atomic E-state index is 10.7. The first kappa shape index (κ1) is 12.8. The molecule has 0 amide bonds. The van der Waals surface area contributed by atoms with Gasteiger partial charge < -0.3 is 5.11 Å². The fourth-order valence-electron chi connectivity index (χ4n) is 1.77. The smallest absolute Gasteiger partial charge is 0.335 e. The molecule has 96 valence electrons. The van der Waals surface area contributed by atoms with Crippen molar-refractivity contribution in [1.82, 2.24) is 0 Å². The highest BCUT2D eigenvalue weighted by molar-refractivity contribution is 5.88. The SMILES string of the molecule is O=C(O)c1ccc(C2=CCC=C([N+](=O)[O-])C=C2)cc1. The third kappa shape index (κ3) is 2.95. The van der Waals surface area contributed by atoms with Crippen LogP contribution in [0.4, 0.5) is 0 Å². The summed E-state index contributed by atoms with van der Waals surface area (Å²) in [5.74, 6) is -0.978. The first-order valence-electron chi connectivity index (χ1n) is 5.64. The highest BCUT2D eigenvalue weighted by atomic mass is 16.6. The molecule has 0 fully saturated rings. The molecule has 0 heterocycles. The van der Waals surface area contributed by atoms with Gasteiger partial charge in [0, 0.05) is 6.08 Å². The Hall–Kier alpha value is -2.69. The predicted octanol–water partition coefficient (Wildman–Crippen LogP) is 2.89. The number of hydrogen-bond acceptors (Lipinski definition) is 3. The van der Waals surface area contributed by atoms with Crippen LogP contribution in [0.1, 0.15) is 22.3 Å².